The molecule has 1 aliphatic carbocycles. The van der Waals surface area contributed by atoms with E-state index in [1.54, 1.807) is 0 Å². The number of benzene rings is 2. The number of halogens is 1. The fourth-order valence-electron chi connectivity index (χ4n) is 2.27. The van der Waals surface area contributed by atoms with Crippen molar-refractivity contribution >= 4 is 28.3 Å². The maximum absolute atomic E-state index is 2.53. The van der Waals surface area contributed by atoms with Gasteiger partial charge in [-0.05, 0) is 65.3 Å². The molecule has 1 fully saturated rings. The zero-order valence-corrected chi connectivity index (χ0v) is 12.4. The van der Waals surface area contributed by atoms with Crippen LogP contribution in [0.25, 0.3) is 0 Å². The number of hydrogen-bond acceptors (Lipinski definition) is 1. The number of rotatable bonds is 4. The molecule has 0 radical (unpaired) electrons. The highest BCUT2D eigenvalue weighted by atomic mass is 127. The molecule has 2 aromatic carbocycles. The smallest absolute Gasteiger partial charge is 0.0432 e. The van der Waals surface area contributed by atoms with Gasteiger partial charge in [-0.15, -0.1) is 0 Å². The average Bonchev–Trinajstić information content (AvgIpc) is 3.21. The molecule has 3 rings (SSSR count). The summed E-state index contributed by atoms with van der Waals surface area (Å²) in [4.78, 5) is 2.53. The molecular formula is C16H16IN. The minimum absolute atomic E-state index is 0.741. The van der Waals surface area contributed by atoms with Gasteiger partial charge in [0.25, 0.3) is 0 Å². The van der Waals surface area contributed by atoms with Crippen LogP contribution in [-0.2, 0) is 6.54 Å². The molecule has 0 N–H and O–H groups in total. The van der Waals surface area contributed by atoms with E-state index >= 15 is 0 Å². The van der Waals surface area contributed by atoms with E-state index in [9.17, 15) is 0 Å². The minimum Gasteiger partial charge on any atom is -0.364 e. The molecule has 0 heterocycles. The van der Waals surface area contributed by atoms with Crippen LogP contribution in [0.3, 0.4) is 0 Å². The third-order valence-corrected chi connectivity index (χ3v) is 3.99. The Labute approximate surface area is 122 Å². The standard InChI is InChI=1S/C16H16IN/c17-14-6-4-5-13(11-14)12-18(16-9-10-16)15-7-2-1-3-8-15/h1-8,11,16H,9-10,12H2. The molecule has 0 spiro atoms. The Bertz CT molecular complexity index is 520. The average molecular weight is 349 g/mol. The second-order valence-corrected chi connectivity index (χ2v) is 6.07. The summed E-state index contributed by atoms with van der Waals surface area (Å²) in [5.74, 6) is 0. The molecule has 92 valence electrons. The lowest BCUT2D eigenvalue weighted by Gasteiger charge is -2.25. The molecule has 0 unspecified atom stereocenters. The lowest BCUT2D eigenvalue weighted by atomic mass is 10.2. The van der Waals surface area contributed by atoms with E-state index in [0.717, 1.165) is 12.6 Å². The fourth-order valence-corrected chi connectivity index (χ4v) is 2.88. The SMILES string of the molecule is Ic1cccc(CN(c2ccccc2)C2CC2)c1. The first-order valence-electron chi connectivity index (χ1n) is 6.39. The van der Waals surface area contributed by atoms with E-state index < -0.39 is 0 Å². The molecule has 0 aromatic heterocycles. The van der Waals surface area contributed by atoms with Gasteiger partial charge in [-0.3, -0.25) is 0 Å². The molecule has 0 amide bonds. The largest absolute Gasteiger partial charge is 0.364 e. The topological polar surface area (TPSA) is 3.24 Å². The van der Waals surface area contributed by atoms with Gasteiger partial charge in [0.15, 0.2) is 0 Å². The van der Waals surface area contributed by atoms with Gasteiger partial charge < -0.3 is 4.90 Å². The maximum atomic E-state index is 2.53. The van der Waals surface area contributed by atoms with Gasteiger partial charge in [0.2, 0.25) is 0 Å². The summed E-state index contributed by atoms with van der Waals surface area (Å²) in [6.07, 6.45) is 2.66. The van der Waals surface area contributed by atoms with Crippen LogP contribution >= 0.6 is 22.6 Å². The normalized spacial score (nSPS) is 14.5. The Balaban J connectivity index is 1.83. The van der Waals surface area contributed by atoms with Crippen molar-refractivity contribution in [3.8, 4) is 0 Å². The van der Waals surface area contributed by atoms with Gasteiger partial charge in [-0.25, -0.2) is 0 Å². The summed E-state index contributed by atoms with van der Waals surface area (Å²) in [5, 5.41) is 0. The molecule has 0 atom stereocenters. The molecule has 1 aliphatic rings. The predicted octanol–water partition coefficient (Wildman–Crippen LogP) is 4.46. The van der Waals surface area contributed by atoms with Crippen molar-refractivity contribution in [2.24, 2.45) is 0 Å². The van der Waals surface area contributed by atoms with Crippen LogP contribution in [0, 0.1) is 3.57 Å². The number of hydrogen-bond donors (Lipinski definition) is 0. The summed E-state index contributed by atoms with van der Waals surface area (Å²) in [6, 6.07) is 20.3. The van der Waals surface area contributed by atoms with Crippen LogP contribution in [0.5, 0.6) is 0 Å². The van der Waals surface area contributed by atoms with Gasteiger partial charge in [0.1, 0.15) is 0 Å². The molecule has 1 nitrogen and oxygen atoms in total. The zero-order chi connectivity index (χ0) is 12.4. The molecule has 0 saturated heterocycles. The van der Waals surface area contributed by atoms with Crippen LogP contribution in [0.1, 0.15) is 18.4 Å². The Morgan fingerprint density at radius 3 is 2.44 bits per heavy atom. The summed E-state index contributed by atoms with van der Waals surface area (Å²) in [7, 11) is 0. The number of nitrogens with zero attached hydrogens (tertiary/aromatic N) is 1. The zero-order valence-electron chi connectivity index (χ0n) is 10.2. The Hall–Kier alpha value is -1.03. The first kappa shape index (κ1) is 12.0. The highest BCUT2D eigenvalue weighted by Gasteiger charge is 2.29. The van der Waals surface area contributed by atoms with Gasteiger partial charge in [-0.1, -0.05) is 30.3 Å². The molecule has 1 saturated carbocycles. The lowest BCUT2D eigenvalue weighted by molar-refractivity contribution is 0.794. The lowest BCUT2D eigenvalue weighted by Crippen LogP contribution is -2.24. The number of anilines is 1. The Morgan fingerprint density at radius 2 is 1.78 bits per heavy atom. The van der Waals surface area contributed by atoms with Crippen LogP contribution < -0.4 is 4.90 Å². The van der Waals surface area contributed by atoms with Crippen molar-refractivity contribution in [3.63, 3.8) is 0 Å². The second kappa shape index (κ2) is 5.31. The highest BCUT2D eigenvalue weighted by Crippen LogP contribution is 2.32. The van der Waals surface area contributed by atoms with Crippen molar-refractivity contribution in [1.82, 2.24) is 0 Å². The van der Waals surface area contributed by atoms with Crippen molar-refractivity contribution in [2.75, 3.05) is 4.90 Å². The van der Waals surface area contributed by atoms with Crippen LogP contribution in [0.2, 0.25) is 0 Å². The molecule has 0 bridgehead atoms. The van der Waals surface area contributed by atoms with E-state index in [1.807, 2.05) is 0 Å². The molecule has 18 heavy (non-hydrogen) atoms. The number of para-hydroxylation sites is 1. The van der Waals surface area contributed by atoms with E-state index in [1.165, 1.54) is 27.7 Å². The maximum Gasteiger partial charge on any atom is 0.0432 e. The van der Waals surface area contributed by atoms with E-state index in [0.29, 0.717) is 0 Å². The van der Waals surface area contributed by atoms with E-state index in [2.05, 4.69) is 82.1 Å². The van der Waals surface area contributed by atoms with Gasteiger partial charge >= 0.3 is 0 Å². The fraction of sp³-hybridized carbons (Fsp3) is 0.250. The first-order chi connectivity index (χ1) is 8.83. The third kappa shape index (κ3) is 2.86. The van der Waals surface area contributed by atoms with Gasteiger partial charge in [0.05, 0.1) is 0 Å². The predicted molar refractivity (Wildman–Crippen MR) is 84.8 cm³/mol. The highest BCUT2D eigenvalue weighted by molar-refractivity contribution is 14.1. The minimum atomic E-state index is 0.741. The molecule has 0 aliphatic heterocycles. The van der Waals surface area contributed by atoms with E-state index in [-0.39, 0.29) is 0 Å². The van der Waals surface area contributed by atoms with E-state index in [4.69, 9.17) is 0 Å². The van der Waals surface area contributed by atoms with Crippen LogP contribution in [0.15, 0.2) is 54.6 Å². The molecule has 2 heteroatoms. The van der Waals surface area contributed by atoms with Crippen LogP contribution in [-0.4, -0.2) is 6.04 Å². The first-order valence-corrected chi connectivity index (χ1v) is 7.47. The van der Waals surface area contributed by atoms with Crippen molar-refractivity contribution in [1.29, 1.82) is 0 Å². The second-order valence-electron chi connectivity index (χ2n) is 4.82. The Kier molecular flexibility index (Phi) is 3.55. The van der Waals surface area contributed by atoms with Gasteiger partial charge in [-0.2, -0.15) is 0 Å². The summed E-state index contributed by atoms with van der Waals surface area (Å²) >= 11 is 2.38. The van der Waals surface area contributed by atoms with Crippen molar-refractivity contribution < 1.29 is 0 Å². The Morgan fingerprint density at radius 1 is 1.00 bits per heavy atom. The quantitative estimate of drug-likeness (QED) is 0.737. The van der Waals surface area contributed by atoms with Crippen molar-refractivity contribution in [3.05, 3.63) is 63.7 Å². The molecule has 2 aromatic rings. The monoisotopic (exact) mass is 349 g/mol. The molecular weight excluding hydrogens is 333 g/mol. The third-order valence-electron chi connectivity index (χ3n) is 3.32. The summed E-state index contributed by atoms with van der Waals surface area (Å²) < 4.78 is 1.31. The summed E-state index contributed by atoms with van der Waals surface area (Å²) in [5.41, 5.74) is 2.75. The van der Waals surface area contributed by atoms with Crippen LogP contribution in [0.4, 0.5) is 5.69 Å². The summed E-state index contributed by atoms with van der Waals surface area (Å²) in [6.45, 7) is 1.02. The van der Waals surface area contributed by atoms with Gasteiger partial charge in [0, 0.05) is 21.8 Å². The van der Waals surface area contributed by atoms with Crippen molar-refractivity contribution in [2.45, 2.75) is 25.4 Å².